The van der Waals surface area contributed by atoms with Crippen LogP contribution in [-0.4, -0.2) is 23.9 Å². The Hall–Kier alpha value is -3.60. The van der Waals surface area contributed by atoms with Gasteiger partial charge in [-0.25, -0.2) is 4.79 Å². The molecule has 1 aliphatic rings. The molecule has 0 aromatic heterocycles. The molecule has 0 aliphatic carbocycles. The van der Waals surface area contributed by atoms with E-state index in [0.717, 1.165) is 21.8 Å². The Morgan fingerprint density at radius 3 is 2.41 bits per heavy atom. The van der Waals surface area contributed by atoms with Crippen LogP contribution in [0.3, 0.4) is 0 Å². The van der Waals surface area contributed by atoms with Crippen molar-refractivity contribution >= 4 is 28.8 Å². The summed E-state index contributed by atoms with van der Waals surface area (Å²) in [7, 11) is 1.45. The van der Waals surface area contributed by atoms with Crippen molar-refractivity contribution in [2.24, 2.45) is 0 Å². The number of amides is 3. The lowest BCUT2D eigenvalue weighted by Gasteiger charge is -2.08. The fourth-order valence-corrected chi connectivity index (χ4v) is 2.95. The van der Waals surface area contributed by atoms with Crippen molar-refractivity contribution < 1.29 is 14.3 Å². The molecular formula is C22H18N2O3. The molecule has 1 fully saturated rings. The van der Waals surface area contributed by atoms with Gasteiger partial charge >= 0.3 is 6.03 Å². The molecule has 5 heteroatoms. The quantitative estimate of drug-likeness (QED) is 0.568. The number of likely N-dealkylation sites (N-methyl/N-ethyl adjacent to an activating group) is 1. The molecule has 134 valence electrons. The number of imide groups is 1. The molecule has 1 heterocycles. The molecule has 1 aliphatic heterocycles. The highest BCUT2D eigenvalue weighted by atomic mass is 16.5. The number of urea groups is 1. The second-order valence-corrected chi connectivity index (χ2v) is 6.39. The molecule has 1 N–H and O–H groups in total. The maximum absolute atomic E-state index is 11.9. The standard InChI is InChI=1S/C22H18N2O3/c1-24-21(25)20(23-22(24)26)13-15-7-10-19(11-8-15)27-14-16-6-9-17-4-2-3-5-18(17)12-16/h2-13H,14H2,1H3,(H,23,26)/b20-13+. The molecule has 0 spiro atoms. The number of carbonyl (C=O) groups excluding carboxylic acids is 2. The summed E-state index contributed by atoms with van der Waals surface area (Å²) < 4.78 is 5.86. The highest BCUT2D eigenvalue weighted by Crippen LogP contribution is 2.20. The highest BCUT2D eigenvalue weighted by molar-refractivity contribution is 6.13. The van der Waals surface area contributed by atoms with E-state index < -0.39 is 6.03 Å². The molecule has 4 rings (SSSR count). The first-order chi connectivity index (χ1) is 13.1. The van der Waals surface area contributed by atoms with E-state index in [0.29, 0.717) is 6.61 Å². The second-order valence-electron chi connectivity index (χ2n) is 6.39. The lowest BCUT2D eigenvalue weighted by molar-refractivity contribution is -0.121. The van der Waals surface area contributed by atoms with Crippen LogP contribution in [0, 0.1) is 0 Å². The van der Waals surface area contributed by atoms with Crippen LogP contribution in [0.1, 0.15) is 11.1 Å². The van der Waals surface area contributed by atoms with Gasteiger partial charge < -0.3 is 10.1 Å². The summed E-state index contributed by atoms with van der Waals surface area (Å²) in [5, 5.41) is 4.94. The van der Waals surface area contributed by atoms with Gasteiger partial charge in [0, 0.05) is 7.05 Å². The molecule has 27 heavy (non-hydrogen) atoms. The minimum Gasteiger partial charge on any atom is -0.489 e. The summed E-state index contributed by atoms with van der Waals surface area (Å²) in [4.78, 5) is 24.4. The third-order valence-electron chi connectivity index (χ3n) is 4.49. The molecule has 3 aromatic carbocycles. The summed E-state index contributed by atoms with van der Waals surface area (Å²) in [5.74, 6) is 0.404. The van der Waals surface area contributed by atoms with Crippen molar-refractivity contribution in [3.05, 3.63) is 83.6 Å². The van der Waals surface area contributed by atoms with Crippen molar-refractivity contribution in [2.45, 2.75) is 6.61 Å². The number of ether oxygens (including phenoxy) is 1. The Morgan fingerprint density at radius 2 is 1.70 bits per heavy atom. The van der Waals surface area contributed by atoms with Crippen LogP contribution in [0.5, 0.6) is 5.75 Å². The van der Waals surface area contributed by atoms with Gasteiger partial charge in [-0.15, -0.1) is 0 Å². The van der Waals surface area contributed by atoms with E-state index in [1.807, 2.05) is 36.4 Å². The van der Waals surface area contributed by atoms with E-state index >= 15 is 0 Å². The van der Waals surface area contributed by atoms with E-state index in [1.54, 1.807) is 6.08 Å². The Balaban J connectivity index is 1.43. The van der Waals surface area contributed by atoms with Crippen LogP contribution in [0.4, 0.5) is 4.79 Å². The smallest absolute Gasteiger partial charge is 0.328 e. The molecule has 0 atom stereocenters. The Kier molecular flexibility index (Phi) is 4.34. The second kappa shape index (κ2) is 6.96. The fourth-order valence-electron chi connectivity index (χ4n) is 2.95. The normalized spacial score (nSPS) is 15.4. The summed E-state index contributed by atoms with van der Waals surface area (Å²) in [6.07, 6.45) is 1.65. The number of nitrogens with one attached hydrogen (secondary N) is 1. The molecule has 3 aromatic rings. The van der Waals surface area contributed by atoms with Crippen LogP contribution in [0.15, 0.2) is 72.4 Å². The van der Waals surface area contributed by atoms with E-state index in [9.17, 15) is 9.59 Å². The Bertz CT molecular complexity index is 1050. The van der Waals surface area contributed by atoms with Gasteiger partial charge in [-0.3, -0.25) is 9.69 Å². The lowest BCUT2D eigenvalue weighted by atomic mass is 10.1. The number of carbonyl (C=O) groups is 2. The van der Waals surface area contributed by atoms with Gasteiger partial charge in [0.2, 0.25) is 0 Å². The van der Waals surface area contributed by atoms with Crippen LogP contribution >= 0.6 is 0 Å². The van der Waals surface area contributed by atoms with Gasteiger partial charge in [-0.1, -0.05) is 48.5 Å². The zero-order chi connectivity index (χ0) is 18.8. The lowest BCUT2D eigenvalue weighted by Crippen LogP contribution is -2.25. The number of fused-ring (bicyclic) bond motifs is 1. The maximum Gasteiger partial charge on any atom is 0.328 e. The average molecular weight is 358 g/mol. The first-order valence-corrected chi connectivity index (χ1v) is 8.61. The van der Waals surface area contributed by atoms with Gasteiger partial charge in [-0.2, -0.15) is 0 Å². The van der Waals surface area contributed by atoms with Crippen molar-refractivity contribution in [1.29, 1.82) is 0 Å². The summed E-state index contributed by atoms with van der Waals surface area (Å²) >= 11 is 0. The number of benzene rings is 3. The van der Waals surface area contributed by atoms with E-state index in [2.05, 4.69) is 35.6 Å². The van der Waals surface area contributed by atoms with Gasteiger partial charge in [-0.05, 0) is 46.2 Å². The van der Waals surface area contributed by atoms with E-state index in [4.69, 9.17) is 4.74 Å². The first-order valence-electron chi connectivity index (χ1n) is 8.61. The largest absolute Gasteiger partial charge is 0.489 e. The minimum absolute atomic E-state index is 0.271. The SMILES string of the molecule is CN1C(=O)N/C(=C/c2ccc(OCc3ccc4ccccc4c3)cc2)C1=O. The molecule has 0 unspecified atom stereocenters. The number of hydrogen-bond donors (Lipinski definition) is 1. The molecular weight excluding hydrogens is 340 g/mol. The average Bonchev–Trinajstić information content (AvgIpc) is 2.94. The Morgan fingerprint density at radius 1 is 0.963 bits per heavy atom. The van der Waals surface area contributed by atoms with Gasteiger partial charge in [0.05, 0.1) is 0 Å². The summed E-state index contributed by atoms with van der Waals surface area (Å²) in [6, 6.07) is 21.5. The fraction of sp³-hybridized carbons (Fsp3) is 0.0909. The van der Waals surface area contributed by atoms with Crippen LogP contribution in [-0.2, 0) is 11.4 Å². The predicted octanol–water partition coefficient (Wildman–Crippen LogP) is 3.94. The van der Waals surface area contributed by atoms with E-state index in [1.165, 1.54) is 17.8 Å². The summed E-state index contributed by atoms with van der Waals surface area (Å²) in [6.45, 7) is 0.477. The number of hydrogen-bond acceptors (Lipinski definition) is 3. The van der Waals surface area contributed by atoms with Gasteiger partial charge in [0.15, 0.2) is 0 Å². The molecule has 5 nitrogen and oxygen atoms in total. The zero-order valence-electron chi connectivity index (χ0n) is 14.8. The molecule has 0 bridgehead atoms. The third kappa shape index (κ3) is 3.53. The topological polar surface area (TPSA) is 58.6 Å². The minimum atomic E-state index is -0.415. The molecule has 1 saturated heterocycles. The van der Waals surface area contributed by atoms with Crippen LogP contribution < -0.4 is 10.1 Å². The van der Waals surface area contributed by atoms with Crippen LogP contribution in [0.25, 0.3) is 16.8 Å². The molecule has 3 amide bonds. The van der Waals surface area contributed by atoms with Crippen molar-refractivity contribution in [2.75, 3.05) is 7.05 Å². The first kappa shape index (κ1) is 16.8. The van der Waals surface area contributed by atoms with Crippen LogP contribution in [0.2, 0.25) is 0 Å². The third-order valence-corrected chi connectivity index (χ3v) is 4.49. The van der Waals surface area contributed by atoms with Crippen molar-refractivity contribution in [1.82, 2.24) is 10.2 Å². The van der Waals surface area contributed by atoms with Crippen molar-refractivity contribution in [3.8, 4) is 5.75 Å². The van der Waals surface area contributed by atoms with Gasteiger partial charge in [0.25, 0.3) is 5.91 Å². The predicted molar refractivity (Wildman–Crippen MR) is 104 cm³/mol. The number of rotatable bonds is 4. The Labute approximate surface area is 156 Å². The molecule has 0 radical (unpaired) electrons. The zero-order valence-corrected chi connectivity index (χ0v) is 14.8. The maximum atomic E-state index is 11.9. The van der Waals surface area contributed by atoms with Gasteiger partial charge in [0.1, 0.15) is 18.1 Å². The van der Waals surface area contributed by atoms with Crippen molar-refractivity contribution in [3.63, 3.8) is 0 Å². The summed E-state index contributed by atoms with van der Waals surface area (Å²) in [5.41, 5.74) is 2.18. The molecule has 0 saturated carbocycles. The monoisotopic (exact) mass is 358 g/mol. The van der Waals surface area contributed by atoms with E-state index in [-0.39, 0.29) is 11.6 Å². The highest BCUT2D eigenvalue weighted by Gasteiger charge is 2.29. The number of nitrogens with zero attached hydrogens (tertiary/aromatic N) is 1.